The van der Waals surface area contributed by atoms with Gasteiger partial charge in [0, 0.05) is 18.4 Å². The molecule has 0 spiro atoms. The lowest BCUT2D eigenvalue weighted by Gasteiger charge is -2.21. The summed E-state index contributed by atoms with van der Waals surface area (Å²) in [5, 5.41) is 4.04. The van der Waals surface area contributed by atoms with Crippen molar-refractivity contribution in [1.29, 1.82) is 0 Å². The predicted molar refractivity (Wildman–Crippen MR) is 132 cm³/mol. The molecule has 0 aromatic heterocycles. The zero-order valence-corrected chi connectivity index (χ0v) is 20.0. The SMILES string of the molecule is CCOC(=O)NC(c1ccccc1-c1ccccc1C(=O)NCCc1ccccc1)S(C)(=O)=O. The summed E-state index contributed by atoms with van der Waals surface area (Å²) < 4.78 is 30.1. The van der Waals surface area contributed by atoms with Crippen molar-refractivity contribution in [2.45, 2.75) is 18.7 Å². The number of benzene rings is 3. The Balaban J connectivity index is 1.92. The third-order valence-corrected chi connectivity index (χ3v) is 6.43. The molecule has 2 N–H and O–H groups in total. The number of ether oxygens (including phenoxy) is 1. The molecule has 0 bridgehead atoms. The van der Waals surface area contributed by atoms with Crippen LogP contribution in [0.3, 0.4) is 0 Å². The lowest BCUT2D eigenvalue weighted by atomic mass is 9.94. The molecule has 7 nitrogen and oxygen atoms in total. The highest BCUT2D eigenvalue weighted by Gasteiger charge is 2.29. The van der Waals surface area contributed by atoms with E-state index in [0.717, 1.165) is 11.8 Å². The van der Waals surface area contributed by atoms with E-state index in [9.17, 15) is 18.0 Å². The molecule has 3 aromatic rings. The molecular formula is C26H28N2O5S. The van der Waals surface area contributed by atoms with Crippen LogP contribution in [0.2, 0.25) is 0 Å². The summed E-state index contributed by atoms with van der Waals surface area (Å²) in [6, 6.07) is 23.6. The number of carbonyl (C=O) groups is 2. The number of rotatable bonds is 9. The van der Waals surface area contributed by atoms with Crippen LogP contribution in [0, 0.1) is 0 Å². The van der Waals surface area contributed by atoms with Gasteiger partial charge in [-0.05, 0) is 41.7 Å². The van der Waals surface area contributed by atoms with Crippen molar-refractivity contribution in [3.63, 3.8) is 0 Å². The first kappa shape index (κ1) is 25.0. The Kier molecular flexibility index (Phi) is 8.43. The molecule has 0 saturated carbocycles. The summed E-state index contributed by atoms with van der Waals surface area (Å²) in [7, 11) is -3.75. The summed E-state index contributed by atoms with van der Waals surface area (Å²) in [5.41, 5.74) is 2.97. The number of nitrogens with one attached hydrogen (secondary N) is 2. The van der Waals surface area contributed by atoms with Gasteiger partial charge in [-0.25, -0.2) is 13.2 Å². The Morgan fingerprint density at radius 2 is 1.50 bits per heavy atom. The minimum atomic E-state index is -3.75. The summed E-state index contributed by atoms with van der Waals surface area (Å²) in [5.74, 6) is -0.268. The van der Waals surface area contributed by atoms with E-state index >= 15 is 0 Å². The van der Waals surface area contributed by atoms with Gasteiger partial charge in [0.2, 0.25) is 0 Å². The first-order valence-electron chi connectivity index (χ1n) is 10.9. The van der Waals surface area contributed by atoms with Crippen LogP contribution in [0.15, 0.2) is 78.9 Å². The number of amides is 2. The zero-order chi connectivity index (χ0) is 24.6. The van der Waals surface area contributed by atoms with E-state index < -0.39 is 21.3 Å². The van der Waals surface area contributed by atoms with Gasteiger partial charge in [-0.15, -0.1) is 0 Å². The first-order chi connectivity index (χ1) is 16.3. The van der Waals surface area contributed by atoms with E-state index in [2.05, 4.69) is 10.6 Å². The fourth-order valence-electron chi connectivity index (χ4n) is 3.64. The van der Waals surface area contributed by atoms with Gasteiger partial charge in [0.1, 0.15) is 0 Å². The Hall–Kier alpha value is -3.65. The Bertz CT molecular complexity index is 1240. The molecule has 0 aliphatic carbocycles. The maximum Gasteiger partial charge on any atom is 0.408 e. The Labute approximate surface area is 200 Å². The van der Waals surface area contributed by atoms with Crippen LogP contribution in [0.4, 0.5) is 4.79 Å². The molecule has 0 heterocycles. The van der Waals surface area contributed by atoms with Crippen LogP contribution in [-0.2, 0) is 21.0 Å². The van der Waals surface area contributed by atoms with E-state index in [0.29, 0.717) is 35.2 Å². The van der Waals surface area contributed by atoms with Crippen LogP contribution in [0.25, 0.3) is 11.1 Å². The second-order valence-electron chi connectivity index (χ2n) is 7.70. The molecule has 8 heteroatoms. The fraction of sp³-hybridized carbons (Fsp3) is 0.231. The Morgan fingerprint density at radius 3 is 2.18 bits per heavy atom. The molecule has 3 aromatic carbocycles. The fourth-order valence-corrected chi connectivity index (χ4v) is 4.62. The minimum absolute atomic E-state index is 0.107. The molecule has 3 rings (SSSR count). The Morgan fingerprint density at radius 1 is 0.882 bits per heavy atom. The molecule has 2 amide bonds. The van der Waals surface area contributed by atoms with Gasteiger partial charge in [0.15, 0.2) is 15.2 Å². The minimum Gasteiger partial charge on any atom is -0.450 e. The second-order valence-corrected chi connectivity index (χ2v) is 9.83. The number of carbonyl (C=O) groups excluding carboxylic acids is 2. The quantitative estimate of drug-likeness (QED) is 0.480. The van der Waals surface area contributed by atoms with Gasteiger partial charge in [-0.2, -0.15) is 0 Å². The van der Waals surface area contributed by atoms with Gasteiger partial charge in [0.25, 0.3) is 5.91 Å². The zero-order valence-electron chi connectivity index (χ0n) is 19.2. The topological polar surface area (TPSA) is 102 Å². The standard InChI is InChI=1S/C26H28N2O5S/c1-3-33-26(30)28-25(34(2,31)32)23-16-10-8-14-21(23)20-13-7-9-15-22(20)24(29)27-18-17-19-11-5-4-6-12-19/h4-16,25H,3,17-18H2,1-2H3,(H,27,29)(H,28,30). The van der Waals surface area contributed by atoms with E-state index in [1.807, 2.05) is 30.3 Å². The lowest BCUT2D eigenvalue weighted by molar-refractivity contribution is 0.0954. The van der Waals surface area contributed by atoms with Crippen molar-refractivity contribution < 1.29 is 22.7 Å². The summed E-state index contributed by atoms with van der Waals surface area (Å²) in [4.78, 5) is 25.1. The van der Waals surface area contributed by atoms with E-state index in [1.165, 1.54) is 0 Å². The summed E-state index contributed by atoms with van der Waals surface area (Å²) >= 11 is 0. The number of hydrogen-bond donors (Lipinski definition) is 2. The molecule has 0 radical (unpaired) electrons. The average Bonchev–Trinajstić information content (AvgIpc) is 2.83. The van der Waals surface area contributed by atoms with Crippen LogP contribution in [0.1, 0.15) is 33.8 Å². The van der Waals surface area contributed by atoms with Crippen LogP contribution in [0.5, 0.6) is 0 Å². The molecule has 0 aliphatic rings. The first-order valence-corrected chi connectivity index (χ1v) is 12.9. The molecule has 34 heavy (non-hydrogen) atoms. The number of sulfone groups is 1. The van der Waals surface area contributed by atoms with E-state index in [4.69, 9.17) is 4.74 Å². The lowest BCUT2D eigenvalue weighted by Crippen LogP contribution is -2.34. The van der Waals surface area contributed by atoms with Crippen LogP contribution in [-0.4, -0.2) is 39.8 Å². The third-order valence-electron chi connectivity index (χ3n) is 5.20. The maximum atomic E-state index is 13.1. The third kappa shape index (κ3) is 6.45. The van der Waals surface area contributed by atoms with Crippen molar-refractivity contribution in [2.75, 3.05) is 19.4 Å². The highest BCUT2D eigenvalue weighted by atomic mass is 32.2. The predicted octanol–water partition coefficient (Wildman–Crippen LogP) is 4.12. The normalized spacial score (nSPS) is 11.9. The molecule has 0 aliphatic heterocycles. The summed E-state index contributed by atoms with van der Waals surface area (Å²) in [6.07, 6.45) is 0.896. The monoisotopic (exact) mass is 480 g/mol. The highest BCUT2D eigenvalue weighted by Crippen LogP contribution is 2.33. The maximum absolute atomic E-state index is 13.1. The molecule has 1 atom stereocenters. The van der Waals surface area contributed by atoms with E-state index in [-0.39, 0.29) is 12.5 Å². The van der Waals surface area contributed by atoms with Gasteiger partial charge in [0.05, 0.1) is 6.61 Å². The molecule has 1 unspecified atom stereocenters. The molecule has 0 saturated heterocycles. The second kappa shape index (κ2) is 11.5. The van der Waals surface area contributed by atoms with Crippen molar-refractivity contribution in [2.24, 2.45) is 0 Å². The van der Waals surface area contributed by atoms with Crippen LogP contribution >= 0.6 is 0 Å². The number of alkyl carbamates (subject to hydrolysis) is 1. The van der Waals surface area contributed by atoms with Crippen molar-refractivity contribution >= 4 is 21.8 Å². The highest BCUT2D eigenvalue weighted by molar-refractivity contribution is 7.90. The smallest absolute Gasteiger partial charge is 0.408 e. The van der Waals surface area contributed by atoms with Gasteiger partial charge in [-0.1, -0.05) is 72.8 Å². The van der Waals surface area contributed by atoms with Crippen molar-refractivity contribution in [3.05, 3.63) is 95.6 Å². The van der Waals surface area contributed by atoms with Gasteiger partial charge >= 0.3 is 6.09 Å². The van der Waals surface area contributed by atoms with Crippen LogP contribution < -0.4 is 10.6 Å². The molecule has 0 fully saturated rings. The van der Waals surface area contributed by atoms with Gasteiger partial charge < -0.3 is 15.4 Å². The average molecular weight is 481 g/mol. The van der Waals surface area contributed by atoms with Gasteiger partial charge in [-0.3, -0.25) is 4.79 Å². The summed E-state index contributed by atoms with van der Waals surface area (Å²) in [6.45, 7) is 2.20. The van der Waals surface area contributed by atoms with E-state index in [1.54, 1.807) is 55.5 Å². The number of hydrogen-bond acceptors (Lipinski definition) is 5. The molecular weight excluding hydrogens is 452 g/mol. The largest absolute Gasteiger partial charge is 0.450 e. The van der Waals surface area contributed by atoms with Crippen molar-refractivity contribution in [3.8, 4) is 11.1 Å². The van der Waals surface area contributed by atoms with Crippen molar-refractivity contribution in [1.82, 2.24) is 10.6 Å². The molecule has 178 valence electrons.